The number of likely N-dealkylation sites (tertiary alicyclic amines) is 1. The Labute approximate surface area is 89.3 Å². The first kappa shape index (κ1) is 10.1. The lowest BCUT2D eigenvalue weighted by Crippen LogP contribution is -2.50. The Morgan fingerprint density at radius 3 is 2.73 bits per heavy atom. The summed E-state index contributed by atoms with van der Waals surface area (Å²) in [4.78, 5) is 6.09. The maximum absolute atomic E-state index is 9.13. The summed E-state index contributed by atoms with van der Waals surface area (Å²) in [6.45, 7) is 2.57. The van der Waals surface area contributed by atoms with E-state index in [2.05, 4.69) is 16.0 Å². The van der Waals surface area contributed by atoms with Crippen LogP contribution in [0.25, 0.3) is 0 Å². The summed E-state index contributed by atoms with van der Waals surface area (Å²) in [6.07, 6.45) is 3.44. The highest BCUT2D eigenvalue weighted by Crippen LogP contribution is 2.27. The van der Waals surface area contributed by atoms with E-state index in [9.17, 15) is 0 Å². The molecule has 1 aliphatic heterocycles. The highest BCUT2D eigenvalue weighted by molar-refractivity contribution is 5.22. The molecule has 1 saturated heterocycles. The minimum absolute atomic E-state index is 0.143. The van der Waals surface area contributed by atoms with Crippen LogP contribution in [0.4, 0.5) is 0 Å². The first-order chi connectivity index (χ1) is 7.35. The van der Waals surface area contributed by atoms with Crippen LogP contribution in [0.2, 0.25) is 0 Å². The molecule has 1 fully saturated rings. The quantitative estimate of drug-likeness (QED) is 0.776. The van der Waals surface area contributed by atoms with Crippen LogP contribution in [0.5, 0.6) is 0 Å². The topological polar surface area (TPSA) is 65.9 Å². The third-order valence-corrected chi connectivity index (χ3v) is 2.83. The number of nitriles is 1. The molecule has 1 aliphatic rings. The Bertz CT molecular complexity index is 351. The van der Waals surface area contributed by atoms with E-state index < -0.39 is 0 Å². The molecule has 1 atom stereocenters. The molecule has 1 aromatic heterocycles. The van der Waals surface area contributed by atoms with Crippen molar-refractivity contribution in [1.82, 2.24) is 9.88 Å². The van der Waals surface area contributed by atoms with Gasteiger partial charge in [-0.05, 0) is 30.2 Å². The number of pyridine rings is 1. The van der Waals surface area contributed by atoms with Crippen molar-refractivity contribution in [3.05, 3.63) is 30.1 Å². The van der Waals surface area contributed by atoms with Gasteiger partial charge in [-0.15, -0.1) is 0 Å². The molecule has 0 unspecified atom stereocenters. The molecule has 2 rings (SSSR count). The van der Waals surface area contributed by atoms with E-state index >= 15 is 0 Å². The molecule has 78 valence electrons. The van der Waals surface area contributed by atoms with Crippen LogP contribution in [0.15, 0.2) is 24.5 Å². The van der Waals surface area contributed by atoms with Gasteiger partial charge in [0.25, 0.3) is 0 Å². The lowest BCUT2D eigenvalue weighted by Gasteiger charge is -2.41. The Hall–Kier alpha value is -1.44. The van der Waals surface area contributed by atoms with Gasteiger partial charge in [0.15, 0.2) is 0 Å². The second-order valence-electron chi connectivity index (χ2n) is 3.87. The molecule has 0 aliphatic carbocycles. The van der Waals surface area contributed by atoms with E-state index in [1.165, 1.54) is 0 Å². The third-order valence-electron chi connectivity index (χ3n) is 2.83. The summed E-state index contributed by atoms with van der Waals surface area (Å²) >= 11 is 0. The van der Waals surface area contributed by atoms with Crippen molar-refractivity contribution in [2.24, 2.45) is 11.7 Å². The summed E-state index contributed by atoms with van der Waals surface area (Å²) in [5.41, 5.74) is 6.57. The Balaban J connectivity index is 2.04. The molecule has 2 heterocycles. The Morgan fingerprint density at radius 2 is 2.20 bits per heavy atom. The van der Waals surface area contributed by atoms with E-state index in [1.54, 1.807) is 12.4 Å². The van der Waals surface area contributed by atoms with Crippen LogP contribution in [-0.4, -0.2) is 29.5 Å². The monoisotopic (exact) mass is 202 g/mol. The Morgan fingerprint density at radius 1 is 1.53 bits per heavy atom. The smallest absolute Gasteiger partial charge is 0.123 e. The number of rotatable bonds is 3. The van der Waals surface area contributed by atoms with E-state index in [0.29, 0.717) is 12.5 Å². The van der Waals surface area contributed by atoms with Crippen molar-refractivity contribution >= 4 is 0 Å². The summed E-state index contributed by atoms with van der Waals surface area (Å²) < 4.78 is 0. The average Bonchev–Trinajstić information content (AvgIpc) is 2.24. The van der Waals surface area contributed by atoms with Crippen LogP contribution >= 0.6 is 0 Å². The maximum Gasteiger partial charge on any atom is 0.123 e. The number of hydrogen-bond acceptors (Lipinski definition) is 4. The highest BCUT2D eigenvalue weighted by atomic mass is 15.2. The van der Waals surface area contributed by atoms with Crippen molar-refractivity contribution in [2.45, 2.75) is 6.04 Å². The number of nitrogens with zero attached hydrogens (tertiary/aromatic N) is 3. The fraction of sp³-hybridized carbons (Fsp3) is 0.455. The molecular formula is C11H14N4. The largest absolute Gasteiger partial charge is 0.330 e. The normalized spacial score (nSPS) is 19.2. The maximum atomic E-state index is 9.13. The van der Waals surface area contributed by atoms with Crippen molar-refractivity contribution in [3.8, 4) is 6.07 Å². The van der Waals surface area contributed by atoms with E-state index in [4.69, 9.17) is 11.0 Å². The van der Waals surface area contributed by atoms with Crippen LogP contribution in [0, 0.1) is 17.2 Å². The van der Waals surface area contributed by atoms with Gasteiger partial charge in [-0.2, -0.15) is 5.26 Å². The molecule has 4 nitrogen and oxygen atoms in total. The van der Waals surface area contributed by atoms with Gasteiger partial charge in [0, 0.05) is 25.5 Å². The molecule has 0 spiro atoms. The van der Waals surface area contributed by atoms with Gasteiger partial charge in [-0.25, -0.2) is 0 Å². The molecule has 15 heavy (non-hydrogen) atoms. The van der Waals surface area contributed by atoms with E-state index in [0.717, 1.165) is 18.7 Å². The Kier molecular flexibility index (Phi) is 2.95. The van der Waals surface area contributed by atoms with Gasteiger partial charge in [0.1, 0.15) is 6.04 Å². The molecule has 0 saturated carbocycles. The van der Waals surface area contributed by atoms with Gasteiger partial charge in [0.05, 0.1) is 6.07 Å². The lowest BCUT2D eigenvalue weighted by molar-refractivity contribution is 0.0798. The number of nitrogens with two attached hydrogens (primary N) is 1. The fourth-order valence-corrected chi connectivity index (χ4v) is 1.88. The second kappa shape index (κ2) is 4.39. The first-order valence-corrected chi connectivity index (χ1v) is 5.09. The van der Waals surface area contributed by atoms with Gasteiger partial charge in [0.2, 0.25) is 0 Å². The standard InChI is InChI=1S/C11H14N4/c12-5-9-7-15(8-9)11(6-13)10-1-3-14-4-2-10/h1-4,9,11H,5,7-8,12H2/t11-/m0/s1. The lowest BCUT2D eigenvalue weighted by atomic mass is 9.95. The molecule has 1 aromatic rings. The molecule has 0 aromatic carbocycles. The van der Waals surface area contributed by atoms with Crippen molar-refractivity contribution in [3.63, 3.8) is 0 Å². The SMILES string of the molecule is N#C[C@@H](c1ccncc1)N1CC(CN)C1. The zero-order valence-corrected chi connectivity index (χ0v) is 8.50. The van der Waals surface area contributed by atoms with Gasteiger partial charge in [-0.1, -0.05) is 0 Å². The van der Waals surface area contributed by atoms with Gasteiger partial charge in [-0.3, -0.25) is 9.88 Å². The van der Waals surface area contributed by atoms with Crippen molar-refractivity contribution in [2.75, 3.05) is 19.6 Å². The first-order valence-electron chi connectivity index (χ1n) is 5.09. The summed E-state index contributed by atoms with van der Waals surface area (Å²) in [5.74, 6) is 0.558. The van der Waals surface area contributed by atoms with Crippen molar-refractivity contribution in [1.29, 1.82) is 5.26 Å². The third kappa shape index (κ3) is 1.99. The predicted molar refractivity (Wildman–Crippen MR) is 56.7 cm³/mol. The summed E-state index contributed by atoms with van der Waals surface area (Å²) in [5, 5.41) is 9.13. The summed E-state index contributed by atoms with van der Waals surface area (Å²) in [6, 6.07) is 5.96. The minimum atomic E-state index is -0.143. The summed E-state index contributed by atoms with van der Waals surface area (Å²) in [7, 11) is 0. The molecule has 0 radical (unpaired) electrons. The number of aromatic nitrogens is 1. The van der Waals surface area contributed by atoms with Gasteiger partial charge < -0.3 is 5.73 Å². The minimum Gasteiger partial charge on any atom is -0.330 e. The zero-order valence-electron chi connectivity index (χ0n) is 8.50. The molecule has 0 bridgehead atoms. The molecule has 4 heteroatoms. The van der Waals surface area contributed by atoms with E-state index in [1.807, 2.05) is 12.1 Å². The van der Waals surface area contributed by atoms with Gasteiger partial charge >= 0.3 is 0 Å². The second-order valence-corrected chi connectivity index (χ2v) is 3.87. The number of hydrogen-bond donors (Lipinski definition) is 1. The van der Waals surface area contributed by atoms with E-state index in [-0.39, 0.29) is 6.04 Å². The van der Waals surface area contributed by atoms with Crippen LogP contribution < -0.4 is 5.73 Å². The zero-order chi connectivity index (χ0) is 10.7. The average molecular weight is 202 g/mol. The van der Waals surface area contributed by atoms with Crippen molar-refractivity contribution < 1.29 is 0 Å². The van der Waals surface area contributed by atoms with Crippen LogP contribution in [0.1, 0.15) is 11.6 Å². The molecule has 0 amide bonds. The fourth-order valence-electron chi connectivity index (χ4n) is 1.88. The van der Waals surface area contributed by atoms with Crippen LogP contribution in [-0.2, 0) is 0 Å². The predicted octanol–water partition coefficient (Wildman–Crippen LogP) is 0.537. The van der Waals surface area contributed by atoms with Crippen LogP contribution in [0.3, 0.4) is 0 Å². The highest BCUT2D eigenvalue weighted by Gasteiger charge is 2.32. The molecule has 2 N–H and O–H groups in total. The molecular weight excluding hydrogens is 188 g/mol.